The standard InChI is InChI=1S/C13H13BrINS/c1-8-5-6-17-13(8)12(16-2)10-7-9(14)3-4-11(10)15/h3-7,12,16H,1-2H3. The van der Waals surface area contributed by atoms with Gasteiger partial charge < -0.3 is 5.32 Å². The van der Waals surface area contributed by atoms with Crippen molar-refractivity contribution in [1.29, 1.82) is 0 Å². The monoisotopic (exact) mass is 421 g/mol. The van der Waals surface area contributed by atoms with Gasteiger partial charge in [0.15, 0.2) is 0 Å². The van der Waals surface area contributed by atoms with E-state index in [0.717, 1.165) is 4.47 Å². The lowest BCUT2D eigenvalue weighted by molar-refractivity contribution is 0.696. The van der Waals surface area contributed by atoms with Gasteiger partial charge in [0.05, 0.1) is 6.04 Å². The Morgan fingerprint density at radius 1 is 1.35 bits per heavy atom. The molecule has 1 aromatic carbocycles. The fourth-order valence-corrected chi connectivity index (χ4v) is 3.92. The maximum atomic E-state index is 3.55. The Bertz CT molecular complexity index is 524. The minimum Gasteiger partial charge on any atom is -0.309 e. The maximum absolute atomic E-state index is 3.55. The molecule has 0 saturated carbocycles. The molecule has 1 unspecified atom stereocenters. The molecule has 0 amide bonds. The molecule has 0 aliphatic carbocycles. The van der Waals surface area contributed by atoms with Crippen LogP contribution in [0.1, 0.15) is 22.0 Å². The zero-order chi connectivity index (χ0) is 12.4. The quantitative estimate of drug-likeness (QED) is 0.706. The summed E-state index contributed by atoms with van der Waals surface area (Å²) in [7, 11) is 2.01. The van der Waals surface area contributed by atoms with Crippen molar-refractivity contribution in [2.24, 2.45) is 0 Å². The average Bonchev–Trinajstić information content (AvgIpc) is 2.71. The highest BCUT2D eigenvalue weighted by atomic mass is 127. The van der Waals surface area contributed by atoms with Gasteiger partial charge in [-0.1, -0.05) is 15.9 Å². The molecule has 0 saturated heterocycles. The van der Waals surface area contributed by atoms with E-state index < -0.39 is 0 Å². The molecule has 0 aliphatic heterocycles. The van der Waals surface area contributed by atoms with Gasteiger partial charge in [0, 0.05) is 12.9 Å². The molecule has 2 aromatic rings. The van der Waals surface area contributed by atoms with Crippen LogP contribution in [0.3, 0.4) is 0 Å². The zero-order valence-corrected chi connectivity index (χ0v) is 14.2. The second kappa shape index (κ2) is 5.82. The largest absolute Gasteiger partial charge is 0.309 e. The van der Waals surface area contributed by atoms with E-state index in [0.29, 0.717) is 0 Å². The van der Waals surface area contributed by atoms with E-state index in [9.17, 15) is 0 Å². The SMILES string of the molecule is CNC(c1cc(Br)ccc1I)c1sccc1C. The number of hydrogen-bond acceptors (Lipinski definition) is 2. The van der Waals surface area contributed by atoms with Gasteiger partial charge in [-0.05, 0) is 77.3 Å². The summed E-state index contributed by atoms with van der Waals surface area (Å²) >= 11 is 7.75. The highest BCUT2D eigenvalue weighted by Gasteiger charge is 2.18. The summed E-state index contributed by atoms with van der Waals surface area (Å²) in [5, 5.41) is 5.57. The third-order valence-corrected chi connectivity index (χ3v) is 5.28. The molecular formula is C13H13BrINS. The molecule has 0 bridgehead atoms. The van der Waals surface area contributed by atoms with Crippen LogP contribution in [-0.2, 0) is 0 Å². The van der Waals surface area contributed by atoms with Crippen LogP contribution in [0.4, 0.5) is 0 Å². The summed E-state index contributed by atoms with van der Waals surface area (Å²) in [6, 6.07) is 8.88. The van der Waals surface area contributed by atoms with E-state index in [1.54, 1.807) is 0 Å². The number of nitrogens with one attached hydrogen (secondary N) is 1. The van der Waals surface area contributed by atoms with Crippen molar-refractivity contribution < 1.29 is 0 Å². The van der Waals surface area contributed by atoms with Gasteiger partial charge >= 0.3 is 0 Å². The molecule has 1 aromatic heterocycles. The first-order chi connectivity index (χ1) is 8.13. The van der Waals surface area contributed by atoms with E-state index in [1.807, 2.05) is 18.4 Å². The van der Waals surface area contributed by atoms with Crippen LogP contribution >= 0.6 is 49.9 Å². The Labute approximate surface area is 128 Å². The average molecular weight is 422 g/mol. The molecule has 1 N–H and O–H groups in total. The van der Waals surface area contributed by atoms with Gasteiger partial charge in [-0.3, -0.25) is 0 Å². The molecule has 0 fully saturated rings. The Kier molecular flexibility index (Phi) is 4.63. The van der Waals surface area contributed by atoms with Gasteiger partial charge in [0.25, 0.3) is 0 Å². The normalized spacial score (nSPS) is 12.7. The molecule has 1 atom stereocenters. The fourth-order valence-electron chi connectivity index (χ4n) is 1.84. The summed E-state index contributed by atoms with van der Waals surface area (Å²) in [5.41, 5.74) is 2.68. The number of aryl methyl sites for hydroxylation is 1. The Morgan fingerprint density at radius 2 is 2.12 bits per heavy atom. The topological polar surface area (TPSA) is 12.0 Å². The molecule has 17 heavy (non-hydrogen) atoms. The molecule has 90 valence electrons. The second-order valence-electron chi connectivity index (χ2n) is 3.86. The van der Waals surface area contributed by atoms with Crippen LogP contribution in [0.25, 0.3) is 0 Å². The summed E-state index contributed by atoms with van der Waals surface area (Å²) in [5.74, 6) is 0. The molecule has 2 rings (SSSR count). The molecule has 4 heteroatoms. The van der Waals surface area contributed by atoms with Crippen LogP contribution < -0.4 is 5.32 Å². The van der Waals surface area contributed by atoms with Crippen molar-refractivity contribution in [2.45, 2.75) is 13.0 Å². The van der Waals surface area contributed by atoms with Crippen molar-refractivity contribution in [2.75, 3.05) is 7.05 Å². The van der Waals surface area contributed by atoms with Gasteiger partial charge in [0.1, 0.15) is 0 Å². The number of hydrogen-bond donors (Lipinski definition) is 1. The van der Waals surface area contributed by atoms with Crippen molar-refractivity contribution >= 4 is 49.9 Å². The van der Waals surface area contributed by atoms with Crippen LogP contribution in [0.2, 0.25) is 0 Å². The predicted octanol–water partition coefficient (Wildman–Crippen LogP) is 4.73. The highest BCUT2D eigenvalue weighted by Crippen LogP contribution is 2.33. The minimum atomic E-state index is 0.277. The zero-order valence-electron chi connectivity index (χ0n) is 9.63. The Morgan fingerprint density at radius 3 is 2.71 bits per heavy atom. The van der Waals surface area contributed by atoms with Gasteiger partial charge in [0.2, 0.25) is 0 Å². The molecular weight excluding hydrogens is 409 g/mol. The molecule has 0 radical (unpaired) electrons. The Hall–Kier alpha value is 0.0900. The molecule has 0 aliphatic rings. The molecule has 1 nitrogen and oxygen atoms in total. The molecule has 0 spiro atoms. The summed E-state index contributed by atoms with van der Waals surface area (Å²) in [4.78, 5) is 1.39. The van der Waals surface area contributed by atoms with E-state index in [-0.39, 0.29) is 6.04 Å². The maximum Gasteiger partial charge on any atom is 0.0682 e. The second-order valence-corrected chi connectivity index (χ2v) is 6.88. The lowest BCUT2D eigenvalue weighted by Crippen LogP contribution is -2.18. The third kappa shape index (κ3) is 2.92. The molecule has 1 heterocycles. The fraction of sp³-hybridized carbons (Fsp3) is 0.231. The van der Waals surface area contributed by atoms with E-state index >= 15 is 0 Å². The van der Waals surface area contributed by atoms with Crippen molar-refractivity contribution in [1.82, 2.24) is 5.32 Å². The van der Waals surface area contributed by atoms with Crippen molar-refractivity contribution in [3.05, 3.63) is 53.7 Å². The Balaban J connectivity index is 2.49. The van der Waals surface area contributed by atoms with Crippen LogP contribution in [-0.4, -0.2) is 7.05 Å². The van der Waals surface area contributed by atoms with Crippen LogP contribution in [0.5, 0.6) is 0 Å². The predicted molar refractivity (Wildman–Crippen MR) is 86.8 cm³/mol. The lowest BCUT2D eigenvalue weighted by Gasteiger charge is -2.18. The number of benzene rings is 1. The summed E-state index contributed by atoms with van der Waals surface area (Å²) in [6.07, 6.45) is 0. The number of rotatable bonds is 3. The smallest absolute Gasteiger partial charge is 0.0682 e. The first kappa shape index (κ1) is 13.5. The lowest BCUT2D eigenvalue weighted by atomic mass is 10.0. The van der Waals surface area contributed by atoms with Gasteiger partial charge in [-0.25, -0.2) is 0 Å². The summed E-state index contributed by atoms with van der Waals surface area (Å²) in [6.45, 7) is 2.17. The van der Waals surface area contributed by atoms with E-state index in [1.165, 1.54) is 19.6 Å². The minimum absolute atomic E-state index is 0.277. The number of halogens is 2. The van der Waals surface area contributed by atoms with Crippen molar-refractivity contribution in [3.8, 4) is 0 Å². The van der Waals surface area contributed by atoms with Gasteiger partial charge in [-0.2, -0.15) is 0 Å². The number of thiophene rings is 1. The van der Waals surface area contributed by atoms with Crippen LogP contribution in [0.15, 0.2) is 34.1 Å². The first-order valence-electron chi connectivity index (χ1n) is 5.29. The van der Waals surface area contributed by atoms with Crippen molar-refractivity contribution in [3.63, 3.8) is 0 Å². The van der Waals surface area contributed by atoms with Gasteiger partial charge in [-0.15, -0.1) is 11.3 Å². The van der Waals surface area contributed by atoms with Crippen LogP contribution in [0, 0.1) is 10.5 Å². The highest BCUT2D eigenvalue weighted by molar-refractivity contribution is 14.1. The van der Waals surface area contributed by atoms with E-state index in [4.69, 9.17) is 0 Å². The first-order valence-corrected chi connectivity index (χ1v) is 8.05. The van der Waals surface area contributed by atoms with E-state index in [2.05, 4.69) is 80.4 Å². The third-order valence-electron chi connectivity index (χ3n) is 2.72. The summed E-state index contributed by atoms with van der Waals surface area (Å²) < 4.78 is 2.42.